The highest BCUT2D eigenvalue weighted by Gasteiger charge is 2.43. The molecule has 1 amide bonds. The Kier molecular flexibility index (Phi) is 7.37. The minimum atomic E-state index is -0.720. The molecule has 0 spiro atoms. The number of fused-ring (bicyclic) bond motifs is 2. The molecule has 0 bridgehead atoms. The topological polar surface area (TPSA) is 87.0 Å². The van der Waals surface area contributed by atoms with E-state index in [0.29, 0.717) is 43.7 Å². The van der Waals surface area contributed by atoms with Gasteiger partial charge >= 0.3 is 7.05 Å². The van der Waals surface area contributed by atoms with Crippen LogP contribution in [-0.4, -0.2) is 85.9 Å². The van der Waals surface area contributed by atoms with Crippen LogP contribution in [0, 0.1) is 12.8 Å². The van der Waals surface area contributed by atoms with Crippen LogP contribution in [0.2, 0.25) is 11.8 Å². The van der Waals surface area contributed by atoms with Gasteiger partial charge in [0.15, 0.2) is 0 Å². The van der Waals surface area contributed by atoms with Crippen LogP contribution in [0.1, 0.15) is 35.0 Å². The van der Waals surface area contributed by atoms with E-state index in [1.807, 2.05) is 65.7 Å². The molecule has 5 heterocycles. The summed E-state index contributed by atoms with van der Waals surface area (Å²) in [7, 11) is -0.720. The molecule has 3 atom stereocenters. The fourth-order valence-electron chi connectivity index (χ4n) is 6.33. The Labute approximate surface area is 234 Å². The lowest BCUT2D eigenvalue weighted by Crippen LogP contribution is -2.63. The number of aryl methyl sites for hydroxylation is 1. The van der Waals surface area contributed by atoms with Crippen LogP contribution >= 0.6 is 11.6 Å². The van der Waals surface area contributed by atoms with Crippen molar-refractivity contribution in [3.05, 3.63) is 76.6 Å². The third-order valence-electron chi connectivity index (χ3n) is 8.25. The molecule has 0 radical (unpaired) electrons. The van der Waals surface area contributed by atoms with Gasteiger partial charge in [0.1, 0.15) is 12.4 Å². The first kappa shape index (κ1) is 26.3. The molecule has 3 aliphatic heterocycles. The summed E-state index contributed by atoms with van der Waals surface area (Å²) in [6.45, 7) is 8.17. The SMILES string of the molecule is CB(O)N1CCN([C@H]2c3ccc(Cl)cc3OCc3cccnc32)C[C@@H]1C(=O)N1CC[C@@H](Cn2cnc(C)c2)C1. The fourth-order valence-corrected chi connectivity index (χ4v) is 6.49. The third kappa shape index (κ3) is 5.30. The number of pyridine rings is 1. The number of amides is 1. The fraction of sp³-hybridized carbons (Fsp3) is 0.464. The monoisotopic (exact) mass is 548 g/mol. The molecule has 0 aliphatic carbocycles. The predicted molar refractivity (Wildman–Crippen MR) is 149 cm³/mol. The minimum Gasteiger partial charge on any atom is -0.488 e. The van der Waals surface area contributed by atoms with E-state index in [2.05, 4.69) is 14.5 Å². The number of benzene rings is 1. The van der Waals surface area contributed by atoms with E-state index in [4.69, 9.17) is 21.3 Å². The van der Waals surface area contributed by atoms with Gasteiger partial charge in [-0.25, -0.2) is 4.98 Å². The molecule has 1 N–H and O–H groups in total. The maximum absolute atomic E-state index is 14.0. The number of hydrogen-bond acceptors (Lipinski definition) is 7. The second kappa shape index (κ2) is 10.9. The maximum Gasteiger partial charge on any atom is 0.377 e. The predicted octanol–water partition coefficient (Wildman–Crippen LogP) is 2.87. The van der Waals surface area contributed by atoms with Gasteiger partial charge in [0, 0.05) is 67.8 Å². The zero-order valence-corrected chi connectivity index (χ0v) is 23.2. The van der Waals surface area contributed by atoms with Crippen LogP contribution in [-0.2, 0) is 17.9 Å². The Morgan fingerprint density at radius 2 is 2.08 bits per heavy atom. The molecule has 0 saturated carbocycles. The van der Waals surface area contributed by atoms with Gasteiger partial charge < -0.3 is 24.0 Å². The quantitative estimate of drug-likeness (QED) is 0.491. The molecule has 2 fully saturated rings. The summed E-state index contributed by atoms with van der Waals surface area (Å²) >= 11 is 6.33. The van der Waals surface area contributed by atoms with E-state index < -0.39 is 13.1 Å². The van der Waals surface area contributed by atoms with Gasteiger partial charge in [-0.05, 0) is 44.3 Å². The number of piperazine rings is 1. The second-order valence-corrected chi connectivity index (χ2v) is 11.4. The summed E-state index contributed by atoms with van der Waals surface area (Å²) in [5.74, 6) is 1.20. The number of ether oxygens (including phenoxy) is 1. The Morgan fingerprint density at radius 3 is 2.87 bits per heavy atom. The van der Waals surface area contributed by atoms with Crippen LogP contribution < -0.4 is 4.74 Å². The molecule has 9 nitrogen and oxygen atoms in total. The van der Waals surface area contributed by atoms with E-state index in [-0.39, 0.29) is 11.9 Å². The lowest BCUT2D eigenvalue weighted by atomic mass is 9.81. The van der Waals surface area contributed by atoms with Crippen molar-refractivity contribution in [2.45, 2.75) is 45.4 Å². The first-order valence-corrected chi connectivity index (χ1v) is 14.1. The lowest BCUT2D eigenvalue weighted by Gasteiger charge is -2.45. The molecule has 2 aromatic heterocycles. The van der Waals surface area contributed by atoms with Crippen molar-refractivity contribution in [3.8, 4) is 5.75 Å². The number of carbonyl (C=O) groups is 1. The van der Waals surface area contributed by atoms with Crippen LogP contribution in [0.25, 0.3) is 0 Å². The van der Waals surface area contributed by atoms with Crippen molar-refractivity contribution in [1.82, 2.24) is 29.1 Å². The number of aromatic nitrogens is 3. The van der Waals surface area contributed by atoms with Gasteiger partial charge in [-0.1, -0.05) is 23.7 Å². The van der Waals surface area contributed by atoms with Gasteiger partial charge in [-0.15, -0.1) is 0 Å². The Hall–Kier alpha value is -2.92. The number of imidazole rings is 1. The third-order valence-corrected chi connectivity index (χ3v) is 8.49. The number of hydrogen-bond donors (Lipinski definition) is 1. The summed E-state index contributed by atoms with van der Waals surface area (Å²) < 4.78 is 8.28. The van der Waals surface area contributed by atoms with Crippen molar-refractivity contribution in [2.24, 2.45) is 5.92 Å². The average molecular weight is 549 g/mol. The molecular formula is C28H34BClN6O3. The summed E-state index contributed by atoms with van der Waals surface area (Å²) in [6.07, 6.45) is 6.68. The van der Waals surface area contributed by atoms with E-state index in [1.54, 1.807) is 6.82 Å². The van der Waals surface area contributed by atoms with Crippen LogP contribution in [0.3, 0.4) is 0 Å². The van der Waals surface area contributed by atoms with Gasteiger partial charge in [0.05, 0.1) is 29.8 Å². The molecule has 3 aromatic rings. The average Bonchev–Trinajstić information content (AvgIpc) is 3.53. The Morgan fingerprint density at radius 1 is 1.21 bits per heavy atom. The smallest absolute Gasteiger partial charge is 0.377 e. The molecule has 11 heteroatoms. The largest absolute Gasteiger partial charge is 0.488 e. The summed E-state index contributed by atoms with van der Waals surface area (Å²) in [5, 5.41) is 11.3. The van der Waals surface area contributed by atoms with E-state index >= 15 is 0 Å². The minimum absolute atomic E-state index is 0.0763. The van der Waals surface area contributed by atoms with Crippen molar-refractivity contribution in [2.75, 3.05) is 32.7 Å². The van der Waals surface area contributed by atoms with Crippen LogP contribution in [0.5, 0.6) is 5.75 Å². The van der Waals surface area contributed by atoms with Crippen molar-refractivity contribution in [3.63, 3.8) is 0 Å². The highest BCUT2D eigenvalue weighted by atomic mass is 35.5. The second-order valence-electron chi connectivity index (χ2n) is 11.0. The molecule has 39 heavy (non-hydrogen) atoms. The Bertz CT molecular complexity index is 1350. The number of carbonyl (C=O) groups excluding carboxylic acids is 1. The summed E-state index contributed by atoms with van der Waals surface area (Å²) in [5.41, 5.74) is 3.95. The molecule has 1 aromatic carbocycles. The first-order chi connectivity index (χ1) is 18.9. The highest BCUT2D eigenvalue weighted by Crippen LogP contribution is 2.40. The van der Waals surface area contributed by atoms with Gasteiger partial charge in [-0.2, -0.15) is 0 Å². The van der Waals surface area contributed by atoms with E-state index in [0.717, 1.165) is 47.8 Å². The van der Waals surface area contributed by atoms with Crippen LogP contribution in [0.4, 0.5) is 0 Å². The first-order valence-electron chi connectivity index (χ1n) is 13.7. The highest BCUT2D eigenvalue weighted by molar-refractivity contribution is 6.45. The van der Waals surface area contributed by atoms with Crippen LogP contribution in [0.15, 0.2) is 49.1 Å². The standard InChI is InChI=1S/C28H34BClN6O3/c1-19-13-33(18-32-19)14-20-7-9-35(15-20)28(37)24-16-34(10-11-36(24)29(2)38)27-23-6-5-22(30)12-25(23)39-17-21-4-3-8-31-26(21)27/h3-6,8,12-13,18,20,24,27,38H,7,9-11,14-17H2,1-2H3/t20-,24+,27-/m0/s1. The number of halogens is 1. The molecule has 0 unspecified atom stereocenters. The molecule has 2 saturated heterocycles. The molecule has 3 aliphatic rings. The van der Waals surface area contributed by atoms with E-state index in [1.165, 1.54) is 0 Å². The Balaban J connectivity index is 1.26. The van der Waals surface area contributed by atoms with Crippen molar-refractivity contribution in [1.29, 1.82) is 0 Å². The summed E-state index contributed by atoms with van der Waals surface area (Å²) in [4.78, 5) is 29.4. The summed E-state index contributed by atoms with van der Waals surface area (Å²) in [6, 6.07) is 9.08. The van der Waals surface area contributed by atoms with Gasteiger partial charge in [0.25, 0.3) is 0 Å². The van der Waals surface area contributed by atoms with Gasteiger partial charge in [0.2, 0.25) is 5.91 Å². The molecule has 6 rings (SSSR count). The van der Waals surface area contributed by atoms with Gasteiger partial charge in [-0.3, -0.25) is 14.7 Å². The van der Waals surface area contributed by atoms with Crippen molar-refractivity contribution >= 4 is 24.6 Å². The zero-order valence-electron chi connectivity index (χ0n) is 22.4. The number of rotatable bonds is 5. The molecular weight excluding hydrogens is 515 g/mol. The molecule has 204 valence electrons. The number of likely N-dealkylation sites (tertiary alicyclic amines) is 1. The normalized spacial score (nSPS) is 23.6. The lowest BCUT2D eigenvalue weighted by molar-refractivity contribution is -0.137. The van der Waals surface area contributed by atoms with E-state index in [9.17, 15) is 9.82 Å². The maximum atomic E-state index is 14.0. The number of nitrogens with zero attached hydrogens (tertiary/aromatic N) is 6. The zero-order chi connectivity index (χ0) is 27.1. The van der Waals surface area contributed by atoms with Crippen molar-refractivity contribution < 1.29 is 14.6 Å².